The summed E-state index contributed by atoms with van der Waals surface area (Å²) in [6, 6.07) is 9.37. The van der Waals surface area contributed by atoms with Gasteiger partial charge in [0.2, 0.25) is 11.8 Å². The lowest BCUT2D eigenvalue weighted by Gasteiger charge is -2.51. The number of pyridine rings is 1. The van der Waals surface area contributed by atoms with Gasteiger partial charge in [-0.15, -0.1) is 0 Å². The van der Waals surface area contributed by atoms with E-state index in [0.717, 1.165) is 11.1 Å². The minimum atomic E-state index is -1.10. The Morgan fingerprint density at radius 2 is 1.91 bits per heavy atom. The van der Waals surface area contributed by atoms with Gasteiger partial charge in [0.15, 0.2) is 0 Å². The lowest BCUT2D eigenvalue weighted by atomic mass is 9.66. The van der Waals surface area contributed by atoms with Crippen LogP contribution in [0.5, 0.6) is 0 Å². The Morgan fingerprint density at radius 1 is 1.24 bits per heavy atom. The van der Waals surface area contributed by atoms with Crippen molar-refractivity contribution in [3.8, 4) is 0 Å². The number of carbonyl (C=O) groups excluding carboxylic acids is 2. The molecule has 0 spiro atoms. The van der Waals surface area contributed by atoms with Crippen molar-refractivity contribution >= 4 is 23.4 Å². The number of nitrogens with two attached hydrogens (primary N) is 1. The Hall–Kier alpha value is -2.48. The second kappa shape index (κ2) is 10.4. The van der Waals surface area contributed by atoms with Gasteiger partial charge < -0.3 is 21.1 Å². The van der Waals surface area contributed by atoms with Crippen LogP contribution in [0.1, 0.15) is 45.2 Å². The number of halogens is 1. The summed E-state index contributed by atoms with van der Waals surface area (Å²) in [6.45, 7) is 8.43. The van der Waals surface area contributed by atoms with Crippen molar-refractivity contribution in [2.45, 2.75) is 58.2 Å². The van der Waals surface area contributed by atoms with Crippen molar-refractivity contribution < 1.29 is 14.7 Å². The first kappa shape index (κ1) is 26.1. The van der Waals surface area contributed by atoms with Gasteiger partial charge in [-0.2, -0.15) is 0 Å². The molecule has 0 saturated carbocycles. The second-order valence-corrected chi connectivity index (χ2v) is 10.6. The zero-order valence-corrected chi connectivity index (χ0v) is 21.0. The number of amides is 2. The van der Waals surface area contributed by atoms with E-state index in [1.54, 1.807) is 35.5 Å². The number of aromatic nitrogens is 1. The average molecular weight is 487 g/mol. The molecule has 34 heavy (non-hydrogen) atoms. The van der Waals surface area contributed by atoms with Crippen LogP contribution in [0.3, 0.4) is 0 Å². The maximum Gasteiger partial charge on any atom is 0.245 e. The van der Waals surface area contributed by atoms with Crippen LogP contribution < -0.4 is 11.1 Å². The average Bonchev–Trinajstić information content (AvgIpc) is 2.79. The van der Waals surface area contributed by atoms with Gasteiger partial charge >= 0.3 is 0 Å². The third kappa shape index (κ3) is 5.59. The number of likely N-dealkylation sites (tertiary alicyclic amines) is 1. The number of piperidine rings is 1. The Labute approximate surface area is 206 Å². The van der Waals surface area contributed by atoms with E-state index in [4.69, 9.17) is 17.3 Å². The molecule has 1 aromatic heterocycles. The molecule has 3 atom stereocenters. The highest BCUT2D eigenvalue weighted by Crippen LogP contribution is 2.46. The van der Waals surface area contributed by atoms with E-state index >= 15 is 0 Å². The zero-order valence-electron chi connectivity index (χ0n) is 20.3. The molecule has 0 bridgehead atoms. The SMILES string of the molecule is CC(C)[C@@H](NC(=O)[C@H](N)Cc1cccnc1)C(=O)N1CC[C@](O)(c2ccc(Cl)cc2)C(C)(C)C1. The normalized spacial score (nSPS) is 21.7. The molecule has 3 rings (SSSR count). The Balaban J connectivity index is 1.70. The summed E-state index contributed by atoms with van der Waals surface area (Å²) >= 11 is 6.02. The Kier molecular flexibility index (Phi) is 8.01. The molecular weight excluding hydrogens is 452 g/mol. The summed E-state index contributed by atoms with van der Waals surface area (Å²) in [5.41, 5.74) is 6.05. The predicted molar refractivity (Wildman–Crippen MR) is 133 cm³/mol. The van der Waals surface area contributed by atoms with Crippen molar-refractivity contribution in [1.29, 1.82) is 0 Å². The number of benzene rings is 1. The van der Waals surface area contributed by atoms with E-state index in [-0.39, 0.29) is 17.7 Å². The highest BCUT2D eigenvalue weighted by molar-refractivity contribution is 6.30. The number of rotatable bonds is 7. The first-order chi connectivity index (χ1) is 15.9. The summed E-state index contributed by atoms with van der Waals surface area (Å²) in [5.74, 6) is -0.657. The molecule has 1 aromatic carbocycles. The molecule has 4 N–H and O–H groups in total. The van der Waals surface area contributed by atoms with E-state index in [0.29, 0.717) is 31.0 Å². The van der Waals surface area contributed by atoms with Crippen molar-refractivity contribution in [3.63, 3.8) is 0 Å². The summed E-state index contributed by atoms with van der Waals surface area (Å²) in [4.78, 5) is 32.1. The Morgan fingerprint density at radius 3 is 2.47 bits per heavy atom. The molecule has 184 valence electrons. The monoisotopic (exact) mass is 486 g/mol. The number of aliphatic hydroxyl groups is 1. The van der Waals surface area contributed by atoms with Crippen molar-refractivity contribution in [3.05, 3.63) is 64.9 Å². The maximum atomic E-state index is 13.5. The van der Waals surface area contributed by atoms with Crippen molar-refractivity contribution in [1.82, 2.24) is 15.2 Å². The Bertz CT molecular complexity index is 997. The maximum absolute atomic E-state index is 13.5. The van der Waals surface area contributed by atoms with Gasteiger partial charge in [-0.1, -0.05) is 57.5 Å². The summed E-state index contributed by atoms with van der Waals surface area (Å²) in [5, 5.41) is 15.1. The number of nitrogens with zero attached hydrogens (tertiary/aromatic N) is 2. The third-order valence-corrected chi connectivity index (χ3v) is 7.08. The minimum Gasteiger partial charge on any atom is -0.384 e. The predicted octanol–water partition coefficient (Wildman–Crippen LogP) is 2.89. The van der Waals surface area contributed by atoms with Crippen molar-refractivity contribution in [2.24, 2.45) is 17.1 Å². The quantitative estimate of drug-likeness (QED) is 0.557. The molecule has 1 fully saturated rings. The van der Waals surface area contributed by atoms with Gasteiger partial charge in [-0.05, 0) is 48.1 Å². The summed E-state index contributed by atoms with van der Waals surface area (Å²) < 4.78 is 0. The van der Waals surface area contributed by atoms with Crippen LogP contribution in [-0.2, 0) is 21.6 Å². The fourth-order valence-corrected chi connectivity index (χ4v) is 4.73. The van der Waals surface area contributed by atoms with Gasteiger partial charge in [-0.3, -0.25) is 14.6 Å². The van der Waals surface area contributed by atoms with Crippen LogP contribution in [0.25, 0.3) is 0 Å². The topological polar surface area (TPSA) is 109 Å². The fourth-order valence-electron chi connectivity index (χ4n) is 4.61. The van der Waals surface area contributed by atoms with E-state index < -0.39 is 23.1 Å². The van der Waals surface area contributed by atoms with Crippen LogP contribution in [-0.4, -0.2) is 52.0 Å². The van der Waals surface area contributed by atoms with Crippen LogP contribution in [0.15, 0.2) is 48.8 Å². The fraction of sp³-hybridized carbons (Fsp3) is 0.500. The van der Waals surface area contributed by atoms with Crippen LogP contribution >= 0.6 is 11.6 Å². The molecule has 0 unspecified atom stereocenters. The lowest BCUT2D eigenvalue weighted by molar-refractivity contribution is -0.156. The van der Waals surface area contributed by atoms with Crippen LogP contribution in [0.4, 0.5) is 0 Å². The molecule has 2 heterocycles. The molecule has 0 aliphatic carbocycles. The molecule has 8 heteroatoms. The van der Waals surface area contributed by atoms with Gasteiger partial charge in [-0.25, -0.2) is 0 Å². The molecule has 2 aromatic rings. The molecule has 2 amide bonds. The third-order valence-electron chi connectivity index (χ3n) is 6.83. The first-order valence-corrected chi connectivity index (χ1v) is 12.0. The summed E-state index contributed by atoms with van der Waals surface area (Å²) in [7, 11) is 0. The molecule has 1 aliphatic rings. The molecule has 1 saturated heterocycles. The highest BCUT2D eigenvalue weighted by atomic mass is 35.5. The largest absolute Gasteiger partial charge is 0.384 e. The first-order valence-electron chi connectivity index (χ1n) is 11.7. The molecule has 0 radical (unpaired) electrons. The number of carbonyl (C=O) groups is 2. The molecule has 1 aliphatic heterocycles. The number of hydrogen-bond acceptors (Lipinski definition) is 5. The number of nitrogens with one attached hydrogen (secondary N) is 1. The standard InChI is InChI=1S/C26H35ClN4O3/c1-17(2)22(30-23(32)21(28)14-18-6-5-12-29-15-18)24(33)31-13-11-26(34,25(3,4)16-31)19-7-9-20(27)10-8-19/h5-10,12,15,17,21-22,34H,11,13-14,16,28H2,1-4H3,(H,30,32)/t21-,22-,26+/m1/s1. The smallest absolute Gasteiger partial charge is 0.245 e. The van der Waals surface area contributed by atoms with Crippen molar-refractivity contribution in [2.75, 3.05) is 13.1 Å². The molecule has 7 nitrogen and oxygen atoms in total. The van der Waals surface area contributed by atoms with E-state index in [9.17, 15) is 14.7 Å². The summed E-state index contributed by atoms with van der Waals surface area (Å²) in [6.07, 6.45) is 4.06. The van der Waals surface area contributed by atoms with Gasteiger partial charge in [0.25, 0.3) is 0 Å². The van der Waals surface area contributed by atoms with Gasteiger partial charge in [0.05, 0.1) is 11.6 Å². The highest BCUT2D eigenvalue weighted by Gasteiger charge is 2.50. The molecular formula is C26H35ClN4O3. The van der Waals surface area contributed by atoms with E-state index in [2.05, 4.69) is 10.3 Å². The lowest BCUT2D eigenvalue weighted by Crippen LogP contribution is -2.61. The van der Waals surface area contributed by atoms with Gasteiger partial charge in [0, 0.05) is 35.9 Å². The van der Waals surface area contributed by atoms with E-state index in [1.807, 2.05) is 45.9 Å². The van der Waals surface area contributed by atoms with Gasteiger partial charge in [0.1, 0.15) is 6.04 Å². The van der Waals surface area contributed by atoms with Crippen LogP contribution in [0, 0.1) is 11.3 Å². The zero-order chi connectivity index (χ0) is 25.1. The van der Waals surface area contributed by atoms with E-state index in [1.165, 1.54) is 0 Å². The number of hydrogen-bond donors (Lipinski definition) is 3. The second-order valence-electron chi connectivity index (χ2n) is 10.2. The minimum absolute atomic E-state index is 0.123. The van der Waals surface area contributed by atoms with Crippen LogP contribution in [0.2, 0.25) is 5.02 Å².